The molecule has 0 rings (SSSR count). The first-order valence-electron chi connectivity index (χ1n) is 8.32. The van der Waals surface area contributed by atoms with Crippen LogP contribution in [0, 0.1) is 5.41 Å². The molecule has 7 heteroatoms. The normalized spacial score (nSPS) is 13.1. The Hall–Kier alpha value is -0.660. The minimum atomic E-state index is -4.08. The molecule has 0 aliphatic carbocycles. The average Bonchev–Trinajstić information content (AvgIpc) is 2.41. The largest absolute Gasteiger partial charge is 0.748 e. The number of rotatable bonds is 12. The summed E-state index contributed by atoms with van der Waals surface area (Å²) in [4.78, 5) is 11.9. The zero-order valence-corrected chi connectivity index (χ0v) is 16.1. The molecule has 0 aromatic heterocycles. The van der Waals surface area contributed by atoms with Gasteiger partial charge in [0.15, 0.2) is 0 Å². The third-order valence-corrected chi connectivity index (χ3v) is 5.06. The fourth-order valence-corrected chi connectivity index (χ4v) is 2.57. The van der Waals surface area contributed by atoms with Crippen LogP contribution in [0.15, 0.2) is 0 Å². The minimum absolute atomic E-state index is 0.154. The number of likely N-dealkylation sites (N-methyl/N-ethyl adjacent to an activating group) is 1. The smallest absolute Gasteiger partial charge is 0.311 e. The Kier molecular flexibility index (Phi) is 9.32. The second-order valence-electron chi connectivity index (χ2n) is 7.43. The number of carbonyl (C=O) groups is 1. The molecule has 0 atom stereocenters. The molecule has 0 N–H and O–H groups in total. The van der Waals surface area contributed by atoms with E-state index in [0.717, 1.165) is 43.3 Å². The van der Waals surface area contributed by atoms with Crippen LogP contribution in [-0.2, 0) is 19.6 Å². The van der Waals surface area contributed by atoms with E-state index in [1.165, 1.54) is 0 Å². The Morgan fingerprint density at radius 2 is 1.65 bits per heavy atom. The Morgan fingerprint density at radius 3 is 2.17 bits per heavy atom. The minimum Gasteiger partial charge on any atom is -0.748 e. The van der Waals surface area contributed by atoms with Crippen molar-refractivity contribution in [3.63, 3.8) is 0 Å². The van der Waals surface area contributed by atoms with Crippen LogP contribution >= 0.6 is 0 Å². The molecule has 0 amide bonds. The van der Waals surface area contributed by atoms with Crippen molar-refractivity contribution in [1.29, 1.82) is 0 Å². The second kappa shape index (κ2) is 9.59. The molecular formula is C16H33NO5S. The first-order valence-corrected chi connectivity index (χ1v) is 9.90. The van der Waals surface area contributed by atoms with Gasteiger partial charge >= 0.3 is 5.97 Å². The van der Waals surface area contributed by atoms with E-state index < -0.39 is 15.5 Å². The maximum absolute atomic E-state index is 11.9. The molecule has 0 unspecified atom stereocenters. The molecule has 0 spiro atoms. The van der Waals surface area contributed by atoms with E-state index in [4.69, 9.17) is 4.74 Å². The van der Waals surface area contributed by atoms with E-state index in [1.807, 2.05) is 20.8 Å². The third-order valence-electron chi connectivity index (χ3n) is 4.27. The molecule has 0 aromatic rings. The van der Waals surface area contributed by atoms with Gasteiger partial charge in [0.25, 0.3) is 0 Å². The van der Waals surface area contributed by atoms with Gasteiger partial charge in [-0.1, -0.05) is 13.3 Å². The summed E-state index contributed by atoms with van der Waals surface area (Å²) in [7, 11) is 0.0918. The number of quaternary nitrogens is 1. The van der Waals surface area contributed by atoms with Gasteiger partial charge in [0.05, 0.1) is 36.2 Å². The molecule has 0 aliphatic heterocycles. The second-order valence-corrected chi connectivity index (χ2v) is 8.96. The van der Waals surface area contributed by atoms with Crippen LogP contribution in [0.3, 0.4) is 0 Å². The van der Waals surface area contributed by atoms with Gasteiger partial charge in [-0.25, -0.2) is 8.42 Å². The highest BCUT2D eigenvalue weighted by Crippen LogP contribution is 2.21. The van der Waals surface area contributed by atoms with Crippen LogP contribution in [0.2, 0.25) is 0 Å². The van der Waals surface area contributed by atoms with Gasteiger partial charge in [-0.15, -0.1) is 0 Å². The Bertz CT molecular complexity index is 457. The van der Waals surface area contributed by atoms with Gasteiger partial charge in [-0.05, 0) is 39.5 Å². The van der Waals surface area contributed by atoms with Gasteiger partial charge in [0.1, 0.15) is 13.2 Å². The van der Waals surface area contributed by atoms with E-state index in [-0.39, 0.29) is 11.7 Å². The number of unbranched alkanes of at least 4 members (excludes halogenated alkanes) is 3. The van der Waals surface area contributed by atoms with E-state index in [0.29, 0.717) is 13.0 Å². The molecule has 0 aliphatic rings. The van der Waals surface area contributed by atoms with Gasteiger partial charge in [0, 0.05) is 5.75 Å². The molecule has 23 heavy (non-hydrogen) atoms. The summed E-state index contributed by atoms with van der Waals surface area (Å²) in [6.07, 6.45) is 3.80. The monoisotopic (exact) mass is 351 g/mol. The maximum Gasteiger partial charge on any atom is 0.311 e. The number of hydrogen-bond donors (Lipinski definition) is 0. The third kappa shape index (κ3) is 11.5. The molecule has 6 nitrogen and oxygen atoms in total. The number of esters is 1. The topological polar surface area (TPSA) is 83.5 Å². The molecule has 0 aromatic carbocycles. The lowest BCUT2D eigenvalue weighted by Gasteiger charge is -2.30. The predicted molar refractivity (Wildman–Crippen MR) is 89.9 cm³/mol. The summed E-state index contributed by atoms with van der Waals surface area (Å²) in [5, 5.41) is 0. The van der Waals surface area contributed by atoms with Crippen LogP contribution < -0.4 is 0 Å². The average molecular weight is 352 g/mol. The van der Waals surface area contributed by atoms with Crippen molar-refractivity contribution in [2.24, 2.45) is 5.41 Å². The van der Waals surface area contributed by atoms with E-state index in [9.17, 15) is 17.8 Å². The summed E-state index contributed by atoms with van der Waals surface area (Å²) in [6, 6.07) is 0. The summed E-state index contributed by atoms with van der Waals surface area (Å²) in [5.41, 5.74) is -0.432. The van der Waals surface area contributed by atoms with Crippen molar-refractivity contribution in [2.45, 2.75) is 52.9 Å². The van der Waals surface area contributed by atoms with Crippen molar-refractivity contribution in [3.8, 4) is 0 Å². The lowest BCUT2D eigenvalue weighted by atomic mass is 9.91. The van der Waals surface area contributed by atoms with Crippen molar-refractivity contribution >= 4 is 16.1 Å². The number of ether oxygens (including phenoxy) is 1. The quantitative estimate of drug-likeness (QED) is 0.233. The Morgan fingerprint density at radius 1 is 1.09 bits per heavy atom. The highest BCUT2D eigenvalue weighted by Gasteiger charge is 2.27. The van der Waals surface area contributed by atoms with E-state index >= 15 is 0 Å². The van der Waals surface area contributed by atoms with Crippen LogP contribution in [0.1, 0.15) is 52.9 Å². The summed E-state index contributed by atoms with van der Waals surface area (Å²) < 4.78 is 37.6. The standard InChI is InChI=1S/C16H33NO5S/c1-6-16(2,3)15(18)22-13-12-17(4,5)11-9-7-8-10-14-23(19,20)21/h6-14H2,1-5H3. The molecule has 0 saturated carbocycles. The number of hydrogen-bond acceptors (Lipinski definition) is 5. The maximum atomic E-state index is 11.9. The summed E-state index contributed by atoms with van der Waals surface area (Å²) >= 11 is 0. The fourth-order valence-electron chi connectivity index (χ4n) is 2.01. The number of carbonyl (C=O) groups excluding carboxylic acids is 1. The summed E-state index contributed by atoms with van der Waals surface area (Å²) in [6.45, 7) is 7.83. The SMILES string of the molecule is CCC(C)(C)C(=O)OCC[N+](C)(C)CCCCCCS(=O)(=O)[O-]. The Balaban J connectivity index is 3.87. The Labute approximate surface area is 141 Å². The zero-order chi connectivity index (χ0) is 18.1. The van der Waals surface area contributed by atoms with Crippen molar-refractivity contribution in [3.05, 3.63) is 0 Å². The van der Waals surface area contributed by atoms with Crippen molar-refractivity contribution < 1.29 is 27.0 Å². The van der Waals surface area contributed by atoms with Gasteiger partial charge in [-0.2, -0.15) is 0 Å². The van der Waals surface area contributed by atoms with Gasteiger partial charge in [0.2, 0.25) is 0 Å². The number of nitrogens with zero attached hydrogens (tertiary/aromatic N) is 1. The fraction of sp³-hybridized carbons (Fsp3) is 0.938. The molecule has 0 saturated heterocycles. The molecule has 0 fully saturated rings. The van der Waals surface area contributed by atoms with Gasteiger partial charge in [-0.3, -0.25) is 4.79 Å². The van der Waals surface area contributed by atoms with Crippen LogP contribution in [0.5, 0.6) is 0 Å². The predicted octanol–water partition coefficient (Wildman–Crippen LogP) is 2.15. The first-order chi connectivity index (χ1) is 10.4. The molecular weight excluding hydrogens is 318 g/mol. The molecule has 0 heterocycles. The van der Waals surface area contributed by atoms with Crippen LogP contribution in [0.25, 0.3) is 0 Å². The summed E-state index contributed by atoms with van der Waals surface area (Å²) in [5.74, 6) is -0.423. The van der Waals surface area contributed by atoms with Gasteiger partial charge < -0.3 is 13.8 Å². The lowest BCUT2D eigenvalue weighted by Crippen LogP contribution is -2.43. The first kappa shape index (κ1) is 22.3. The van der Waals surface area contributed by atoms with Crippen LogP contribution in [0.4, 0.5) is 0 Å². The van der Waals surface area contributed by atoms with Crippen molar-refractivity contribution in [2.75, 3.05) is 39.5 Å². The van der Waals surface area contributed by atoms with E-state index in [1.54, 1.807) is 0 Å². The molecule has 0 radical (unpaired) electrons. The molecule has 138 valence electrons. The van der Waals surface area contributed by atoms with E-state index in [2.05, 4.69) is 14.1 Å². The molecule has 0 bridgehead atoms. The highest BCUT2D eigenvalue weighted by molar-refractivity contribution is 7.85. The van der Waals surface area contributed by atoms with Crippen molar-refractivity contribution in [1.82, 2.24) is 0 Å². The van der Waals surface area contributed by atoms with Crippen LogP contribution in [-0.4, -0.2) is 63.0 Å². The zero-order valence-electron chi connectivity index (χ0n) is 15.3. The lowest BCUT2D eigenvalue weighted by molar-refractivity contribution is -0.890. The highest BCUT2D eigenvalue weighted by atomic mass is 32.2.